The van der Waals surface area contributed by atoms with Crippen molar-refractivity contribution in [2.75, 3.05) is 6.61 Å². The number of rotatable bonds is 8. The lowest BCUT2D eigenvalue weighted by Gasteiger charge is -2.18. The van der Waals surface area contributed by atoms with Crippen LogP contribution in [0.4, 0.5) is 0 Å². The van der Waals surface area contributed by atoms with E-state index in [2.05, 4.69) is 5.32 Å². The molecule has 1 saturated heterocycles. The van der Waals surface area contributed by atoms with Gasteiger partial charge in [0, 0.05) is 13.0 Å². The van der Waals surface area contributed by atoms with Gasteiger partial charge in [0.05, 0.1) is 0 Å². The maximum absolute atomic E-state index is 12.2. The Balaban J connectivity index is 1.60. The summed E-state index contributed by atoms with van der Waals surface area (Å²) in [7, 11) is 0. The Labute approximate surface area is 158 Å². The van der Waals surface area contributed by atoms with Crippen molar-refractivity contribution in [2.24, 2.45) is 5.73 Å². The van der Waals surface area contributed by atoms with E-state index < -0.39 is 18.1 Å². The Bertz CT molecular complexity index is 773. The van der Waals surface area contributed by atoms with Crippen molar-refractivity contribution in [2.45, 2.75) is 38.0 Å². The van der Waals surface area contributed by atoms with E-state index in [9.17, 15) is 9.59 Å². The zero-order chi connectivity index (χ0) is 19.1. The SMILES string of the molecule is NC(=O)[C@H](Cc1cccc(OCc2ccccc2)c1)NC(=O)[C@@H]1CCCO1. The lowest BCUT2D eigenvalue weighted by atomic mass is 10.0. The fraction of sp³-hybridized carbons (Fsp3) is 0.333. The first kappa shape index (κ1) is 18.9. The first-order valence-corrected chi connectivity index (χ1v) is 9.09. The number of nitrogens with two attached hydrogens (primary N) is 1. The van der Waals surface area contributed by atoms with Gasteiger partial charge < -0.3 is 20.5 Å². The van der Waals surface area contributed by atoms with Crippen LogP contribution in [-0.4, -0.2) is 30.6 Å². The molecule has 2 amide bonds. The summed E-state index contributed by atoms with van der Waals surface area (Å²) < 4.78 is 11.2. The van der Waals surface area contributed by atoms with Crippen LogP contribution in [0.2, 0.25) is 0 Å². The highest BCUT2D eigenvalue weighted by atomic mass is 16.5. The molecule has 3 N–H and O–H groups in total. The second-order valence-corrected chi connectivity index (χ2v) is 6.59. The van der Waals surface area contributed by atoms with Gasteiger partial charge in [0.2, 0.25) is 11.8 Å². The summed E-state index contributed by atoms with van der Waals surface area (Å²) >= 11 is 0. The average Bonchev–Trinajstić information content (AvgIpc) is 3.22. The van der Waals surface area contributed by atoms with Crippen LogP contribution in [0.5, 0.6) is 5.75 Å². The summed E-state index contributed by atoms with van der Waals surface area (Å²) in [6.45, 7) is 1.03. The number of ether oxygens (including phenoxy) is 2. The minimum atomic E-state index is -0.786. The summed E-state index contributed by atoms with van der Waals surface area (Å²) in [5.74, 6) is -0.158. The average molecular weight is 368 g/mol. The van der Waals surface area contributed by atoms with Crippen molar-refractivity contribution in [3.63, 3.8) is 0 Å². The summed E-state index contributed by atoms with van der Waals surface area (Å²) in [4.78, 5) is 24.0. The highest BCUT2D eigenvalue weighted by Gasteiger charge is 2.27. The third-order valence-corrected chi connectivity index (χ3v) is 4.47. The highest BCUT2D eigenvalue weighted by Crippen LogP contribution is 2.17. The molecular weight excluding hydrogens is 344 g/mol. The fourth-order valence-electron chi connectivity index (χ4n) is 3.01. The van der Waals surface area contributed by atoms with Gasteiger partial charge in [-0.1, -0.05) is 42.5 Å². The molecule has 27 heavy (non-hydrogen) atoms. The van der Waals surface area contributed by atoms with E-state index in [4.69, 9.17) is 15.2 Å². The van der Waals surface area contributed by atoms with E-state index in [1.807, 2.05) is 54.6 Å². The predicted octanol–water partition coefficient (Wildman–Crippen LogP) is 1.96. The quantitative estimate of drug-likeness (QED) is 0.745. The molecule has 0 unspecified atom stereocenters. The molecular formula is C21H24N2O4. The lowest BCUT2D eigenvalue weighted by molar-refractivity contribution is -0.133. The smallest absolute Gasteiger partial charge is 0.249 e. The van der Waals surface area contributed by atoms with E-state index >= 15 is 0 Å². The number of primary amides is 1. The number of benzene rings is 2. The summed E-state index contributed by atoms with van der Waals surface area (Å²) in [5, 5.41) is 2.70. The molecule has 1 aliphatic heterocycles. The number of hydrogen-bond acceptors (Lipinski definition) is 4. The largest absolute Gasteiger partial charge is 0.489 e. The summed E-state index contributed by atoms with van der Waals surface area (Å²) in [5.41, 5.74) is 7.41. The van der Waals surface area contributed by atoms with Crippen LogP contribution >= 0.6 is 0 Å². The molecule has 142 valence electrons. The lowest BCUT2D eigenvalue weighted by Crippen LogP contribution is -2.49. The maximum Gasteiger partial charge on any atom is 0.249 e. The minimum absolute atomic E-state index is 0.284. The van der Waals surface area contributed by atoms with Crippen molar-refractivity contribution in [3.05, 3.63) is 65.7 Å². The normalized spacial score (nSPS) is 17.3. The molecule has 2 aromatic rings. The Morgan fingerprint density at radius 1 is 1.15 bits per heavy atom. The van der Waals surface area contributed by atoms with Crippen LogP contribution < -0.4 is 15.8 Å². The van der Waals surface area contributed by atoms with Crippen molar-refractivity contribution < 1.29 is 19.1 Å². The number of hydrogen-bond donors (Lipinski definition) is 2. The topological polar surface area (TPSA) is 90.7 Å². The van der Waals surface area contributed by atoms with Gasteiger partial charge in [-0.05, 0) is 36.1 Å². The first-order valence-electron chi connectivity index (χ1n) is 9.09. The van der Waals surface area contributed by atoms with Gasteiger partial charge >= 0.3 is 0 Å². The Morgan fingerprint density at radius 2 is 1.93 bits per heavy atom. The number of carbonyl (C=O) groups excluding carboxylic acids is 2. The van der Waals surface area contributed by atoms with Crippen LogP contribution in [0.25, 0.3) is 0 Å². The van der Waals surface area contributed by atoms with Crippen LogP contribution in [0.15, 0.2) is 54.6 Å². The molecule has 0 saturated carbocycles. The molecule has 0 spiro atoms. The molecule has 0 bridgehead atoms. The van der Waals surface area contributed by atoms with E-state index in [-0.39, 0.29) is 5.91 Å². The van der Waals surface area contributed by atoms with Crippen LogP contribution in [0, 0.1) is 0 Å². The number of carbonyl (C=O) groups is 2. The Kier molecular flexibility index (Phi) is 6.44. The maximum atomic E-state index is 12.2. The van der Waals surface area contributed by atoms with Gasteiger partial charge in [-0.2, -0.15) is 0 Å². The molecule has 1 fully saturated rings. The zero-order valence-electron chi connectivity index (χ0n) is 15.1. The highest BCUT2D eigenvalue weighted by molar-refractivity contribution is 5.88. The van der Waals surface area contributed by atoms with Crippen LogP contribution in [-0.2, 0) is 27.4 Å². The van der Waals surface area contributed by atoms with E-state index in [1.165, 1.54) is 0 Å². The van der Waals surface area contributed by atoms with Crippen molar-refractivity contribution in [3.8, 4) is 5.75 Å². The number of nitrogens with one attached hydrogen (secondary N) is 1. The van der Waals surface area contributed by atoms with Crippen molar-refractivity contribution in [1.82, 2.24) is 5.32 Å². The van der Waals surface area contributed by atoms with Crippen LogP contribution in [0.3, 0.4) is 0 Å². The Hall–Kier alpha value is -2.86. The monoisotopic (exact) mass is 368 g/mol. The zero-order valence-corrected chi connectivity index (χ0v) is 15.1. The molecule has 6 nitrogen and oxygen atoms in total. The predicted molar refractivity (Wildman–Crippen MR) is 101 cm³/mol. The van der Waals surface area contributed by atoms with Gasteiger partial charge in [0.15, 0.2) is 0 Å². The van der Waals surface area contributed by atoms with Crippen LogP contribution in [0.1, 0.15) is 24.0 Å². The van der Waals surface area contributed by atoms with Gasteiger partial charge in [-0.15, -0.1) is 0 Å². The van der Waals surface area contributed by atoms with Gasteiger partial charge in [-0.25, -0.2) is 0 Å². The molecule has 6 heteroatoms. The molecule has 1 aliphatic rings. The number of amides is 2. The molecule has 3 rings (SSSR count). The second-order valence-electron chi connectivity index (χ2n) is 6.59. The molecule has 0 radical (unpaired) electrons. The molecule has 1 heterocycles. The molecule has 2 atom stereocenters. The van der Waals surface area contributed by atoms with Crippen molar-refractivity contribution in [1.29, 1.82) is 0 Å². The molecule has 0 aromatic heterocycles. The molecule has 0 aliphatic carbocycles. The van der Waals surface area contributed by atoms with Gasteiger partial charge in [-0.3, -0.25) is 9.59 Å². The fourth-order valence-corrected chi connectivity index (χ4v) is 3.01. The Morgan fingerprint density at radius 3 is 2.63 bits per heavy atom. The molecule has 2 aromatic carbocycles. The third-order valence-electron chi connectivity index (χ3n) is 4.47. The first-order chi connectivity index (χ1) is 13.1. The summed E-state index contributed by atoms with van der Waals surface area (Å²) in [6, 6.07) is 16.5. The standard InChI is InChI=1S/C21H24N2O4/c22-20(24)18(23-21(25)19-10-5-11-26-19)13-16-8-4-9-17(12-16)27-14-15-6-2-1-3-7-15/h1-4,6-9,12,18-19H,5,10-11,13-14H2,(H2,22,24)(H,23,25)/t18-,19-/m0/s1. The van der Waals surface area contributed by atoms with E-state index in [1.54, 1.807) is 0 Å². The van der Waals surface area contributed by atoms with E-state index in [0.29, 0.717) is 31.8 Å². The van der Waals surface area contributed by atoms with Crippen molar-refractivity contribution >= 4 is 11.8 Å². The minimum Gasteiger partial charge on any atom is -0.489 e. The van der Waals surface area contributed by atoms with E-state index in [0.717, 1.165) is 17.5 Å². The third kappa shape index (κ3) is 5.56. The van der Waals surface area contributed by atoms with Gasteiger partial charge in [0.1, 0.15) is 24.5 Å². The van der Waals surface area contributed by atoms with Gasteiger partial charge in [0.25, 0.3) is 0 Å². The second kappa shape index (κ2) is 9.19. The summed E-state index contributed by atoms with van der Waals surface area (Å²) in [6.07, 6.45) is 1.32.